The second-order valence-corrected chi connectivity index (χ2v) is 4.17. The summed E-state index contributed by atoms with van der Waals surface area (Å²) in [6.45, 7) is 2.03. The molecule has 14 heavy (non-hydrogen) atoms. The number of aromatic nitrogens is 1. The Hall–Kier alpha value is -1.05. The lowest BCUT2D eigenvalue weighted by molar-refractivity contribution is 0.462. The maximum Gasteiger partial charge on any atom is 0.0393 e. The summed E-state index contributed by atoms with van der Waals surface area (Å²) in [6, 6.07) is 4.86. The molecule has 0 radical (unpaired) electrons. The lowest BCUT2D eigenvalue weighted by atomic mass is 9.95. The van der Waals surface area contributed by atoms with Crippen LogP contribution in [0.1, 0.15) is 37.8 Å². The van der Waals surface area contributed by atoms with Gasteiger partial charge in [0.1, 0.15) is 0 Å². The first-order chi connectivity index (χ1) is 6.84. The molecular formula is C12H18N2. The first-order valence-electron chi connectivity index (χ1n) is 5.54. The quantitative estimate of drug-likeness (QED) is 0.775. The predicted molar refractivity (Wildman–Crippen MR) is 59.5 cm³/mol. The second kappa shape index (κ2) is 4.45. The van der Waals surface area contributed by atoms with Crippen LogP contribution in [0.4, 0.5) is 5.69 Å². The van der Waals surface area contributed by atoms with Crippen molar-refractivity contribution in [3.8, 4) is 0 Å². The Morgan fingerprint density at radius 2 is 2.07 bits per heavy atom. The van der Waals surface area contributed by atoms with Crippen molar-refractivity contribution >= 4 is 5.69 Å². The number of nitrogens with zero attached hydrogens (tertiary/aromatic N) is 1. The van der Waals surface area contributed by atoms with Gasteiger partial charge in [-0.1, -0.05) is 19.3 Å². The molecule has 0 spiro atoms. The van der Waals surface area contributed by atoms with Crippen molar-refractivity contribution in [2.45, 2.75) is 45.1 Å². The fraction of sp³-hybridized carbons (Fsp3) is 0.583. The van der Waals surface area contributed by atoms with E-state index in [4.69, 9.17) is 0 Å². The number of nitrogens with one attached hydrogen (secondary N) is 1. The third-order valence-electron chi connectivity index (χ3n) is 2.87. The zero-order valence-corrected chi connectivity index (χ0v) is 8.79. The number of anilines is 1. The normalized spacial score (nSPS) is 18.1. The van der Waals surface area contributed by atoms with Gasteiger partial charge in [-0.15, -0.1) is 0 Å². The molecule has 0 saturated heterocycles. The van der Waals surface area contributed by atoms with Crippen LogP contribution in [0, 0.1) is 6.92 Å². The summed E-state index contributed by atoms with van der Waals surface area (Å²) in [6.07, 6.45) is 8.68. The molecule has 1 aliphatic carbocycles. The molecule has 2 nitrogen and oxygen atoms in total. The van der Waals surface area contributed by atoms with Gasteiger partial charge in [-0.3, -0.25) is 4.98 Å². The predicted octanol–water partition coefficient (Wildman–Crippen LogP) is 3.13. The first kappa shape index (κ1) is 9.50. The van der Waals surface area contributed by atoms with Crippen LogP contribution in [0.2, 0.25) is 0 Å². The van der Waals surface area contributed by atoms with Gasteiger partial charge in [-0.05, 0) is 31.9 Å². The molecule has 1 aromatic rings. The molecule has 0 aromatic carbocycles. The van der Waals surface area contributed by atoms with Crippen LogP contribution in [0.5, 0.6) is 0 Å². The van der Waals surface area contributed by atoms with E-state index < -0.39 is 0 Å². The standard InChI is InChI=1S/C12H18N2/c1-10-9-12(7-8-13-10)14-11-5-3-2-4-6-11/h7-9,11H,2-6H2,1H3,(H,13,14). The maximum atomic E-state index is 4.19. The van der Waals surface area contributed by atoms with Crippen LogP contribution in [0.3, 0.4) is 0 Å². The van der Waals surface area contributed by atoms with Crippen molar-refractivity contribution in [1.29, 1.82) is 0 Å². The highest BCUT2D eigenvalue weighted by Gasteiger charge is 2.12. The molecule has 0 aliphatic heterocycles. The van der Waals surface area contributed by atoms with Gasteiger partial charge in [-0.2, -0.15) is 0 Å². The summed E-state index contributed by atoms with van der Waals surface area (Å²) in [5, 5.41) is 3.58. The van der Waals surface area contributed by atoms with E-state index in [1.807, 2.05) is 13.1 Å². The lowest BCUT2D eigenvalue weighted by Gasteiger charge is -2.23. The van der Waals surface area contributed by atoms with Crippen molar-refractivity contribution in [1.82, 2.24) is 4.98 Å². The van der Waals surface area contributed by atoms with Gasteiger partial charge in [0.25, 0.3) is 0 Å². The fourth-order valence-corrected chi connectivity index (χ4v) is 2.12. The highest BCUT2D eigenvalue weighted by molar-refractivity contribution is 5.43. The Balaban J connectivity index is 1.95. The molecule has 0 unspecified atom stereocenters. The minimum absolute atomic E-state index is 0.686. The van der Waals surface area contributed by atoms with Gasteiger partial charge in [0, 0.05) is 23.6 Å². The summed E-state index contributed by atoms with van der Waals surface area (Å²) in [7, 11) is 0. The molecule has 1 fully saturated rings. The fourth-order valence-electron chi connectivity index (χ4n) is 2.12. The number of aryl methyl sites for hydroxylation is 1. The van der Waals surface area contributed by atoms with Gasteiger partial charge < -0.3 is 5.32 Å². The van der Waals surface area contributed by atoms with Crippen molar-refractivity contribution in [3.63, 3.8) is 0 Å². The number of rotatable bonds is 2. The Kier molecular flexibility index (Phi) is 3.02. The smallest absolute Gasteiger partial charge is 0.0393 e. The number of hydrogen-bond acceptors (Lipinski definition) is 2. The molecule has 0 amide bonds. The highest BCUT2D eigenvalue weighted by Crippen LogP contribution is 2.21. The summed E-state index contributed by atoms with van der Waals surface area (Å²) in [5.41, 5.74) is 2.32. The zero-order chi connectivity index (χ0) is 9.80. The molecule has 0 bridgehead atoms. The summed E-state index contributed by atoms with van der Waals surface area (Å²) in [5.74, 6) is 0. The van der Waals surface area contributed by atoms with Crippen molar-refractivity contribution < 1.29 is 0 Å². The van der Waals surface area contributed by atoms with Gasteiger partial charge in [0.2, 0.25) is 0 Å². The van der Waals surface area contributed by atoms with Gasteiger partial charge >= 0.3 is 0 Å². The minimum Gasteiger partial charge on any atom is -0.382 e. The Labute approximate surface area is 85.7 Å². The van der Waals surface area contributed by atoms with Crippen LogP contribution in [0.25, 0.3) is 0 Å². The average Bonchev–Trinajstić information content (AvgIpc) is 2.19. The van der Waals surface area contributed by atoms with E-state index in [9.17, 15) is 0 Å². The first-order valence-corrected chi connectivity index (χ1v) is 5.54. The monoisotopic (exact) mass is 190 g/mol. The van der Waals surface area contributed by atoms with Gasteiger partial charge in [0.15, 0.2) is 0 Å². The molecular weight excluding hydrogens is 172 g/mol. The van der Waals surface area contributed by atoms with Crippen LogP contribution >= 0.6 is 0 Å². The van der Waals surface area contributed by atoms with Crippen molar-refractivity contribution in [2.75, 3.05) is 5.32 Å². The van der Waals surface area contributed by atoms with E-state index in [1.54, 1.807) is 0 Å². The number of pyridine rings is 1. The molecule has 0 atom stereocenters. The second-order valence-electron chi connectivity index (χ2n) is 4.17. The Bertz CT molecular complexity index is 290. The molecule has 76 valence electrons. The van der Waals surface area contributed by atoms with E-state index in [0.29, 0.717) is 6.04 Å². The molecule has 2 rings (SSSR count). The van der Waals surface area contributed by atoms with Crippen LogP contribution < -0.4 is 5.32 Å². The van der Waals surface area contributed by atoms with Gasteiger partial charge in [0.05, 0.1) is 0 Å². The molecule has 1 aliphatic rings. The molecule has 1 saturated carbocycles. The van der Waals surface area contributed by atoms with Crippen LogP contribution in [0.15, 0.2) is 18.3 Å². The van der Waals surface area contributed by atoms with E-state index in [1.165, 1.54) is 37.8 Å². The molecule has 1 N–H and O–H groups in total. The van der Waals surface area contributed by atoms with Crippen LogP contribution in [-0.4, -0.2) is 11.0 Å². The summed E-state index contributed by atoms with van der Waals surface area (Å²) >= 11 is 0. The minimum atomic E-state index is 0.686. The molecule has 1 heterocycles. The van der Waals surface area contributed by atoms with E-state index in [-0.39, 0.29) is 0 Å². The van der Waals surface area contributed by atoms with Gasteiger partial charge in [-0.25, -0.2) is 0 Å². The zero-order valence-electron chi connectivity index (χ0n) is 8.79. The maximum absolute atomic E-state index is 4.19. The summed E-state index contributed by atoms with van der Waals surface area (Å²) < 4.78 is 0. The Morgan fingerprint density at radius 3 is 2.79 bits per heavy atom. The van der Waals surface area contributed by atoms with Crippen molar-refractivity contribution in [3.05, 3.63) is 24.0 Å². The highest BCUT2D eigenvalue weighted by atomic mass is 14.9. The van der Waals surface area contributed by atoms with E-state index in [0.717, 1.165) is 5.69 Å². The third-order valence-corrected chi connectivity index (χ3v) is 2.87. The molecule has 2 heteroatoms. The lowest BCUT2D eigenvalue weighted by Crippen LogP contribution is -2.22. The summed E-state index contributed by atoms with van der Waals surface area (Å²) in [4.78, 5) is 4.19. The largest absolute Gasteiger partial charge is 0.382 e. The average molecular weight is 190 g/mol. The van der Waals surface area contributed by atoms with Crippen molar-refractivity contribution in [2.24, 2.45) is 0 Å². The third kappa shape index (κ3) is 2.47. The van der Waals surface area contributed by atoms with E-state index >= 15 is 0 Å². The Morgan fingerprint density at radius 1 is 1.29 bits per heavy atom. The van der Waals surface area contributed by atoms with Crippen LogP contribution in [-0.2, 0) is 0 Å². The van der Waals surface area contributed by atoms with E-state index in [2.05, 4.69) is 22.4 Å². The molecule has 1 aromatic heterocycles. The topological polar surface area (TPSA) is 24.9 Å². The number of hydrogen-bond donors (Lipinski definition) is 1. The SMILES string of the molecule is Cc1cc(NC2CCCCC2)ccn1.